The van der Waals surface area contributed by atoms with Crippen LogP contribution in [0.3, 0.4) is 0 Å². The third-order valence-electron chi connectivity index (χ3n) is 4.74. The van der Waals surface area contributed by atoms with E-state index in [1.165, 1.54) is 0 Å². The third kappa shape index (κ3) is 4.17. The number of nitrogens with zero attached hydrogens (tertiary/aromatic N) is 5. The molecular weight excluding hydrogens is 374 g/mol. The SMILES string of the molecule is Cc1cc(CC(=O)CN(C)c2cc(C)c3c(C(C)C)nn(C)c3n2)cc(Cl)n1. The van der Waals surface area contributed by atoms with Gasteiger partial charge in [0.2, 0.25) is 0 Å². The number of pyridine rings is 2. The topological polar surface area (TPSA) is 63.9 Å². The van der Waals surface area contributed by atoms with E-state index in [1.54, 1.807) is 6.07 Å². The molecule has 148 valence electrons. The fourth-order valence-electron chi connectivity index (χ4n) is 3.48. The van der Waals surface area contributed by atoms with Gasteiger partial charge in [-0.2, -0.15) is 5.10 Å². The number of rotatable bonds is 6. The Kier molecular flexibility index (Phi) is 5.70. The molecule has 0 N–H and O–H groups in total. The molecule has 0 aliphatic carbocycles. The summed E-state index contributed by atoms with van der Waals surface area (Å²) in [6.45, 7) is 8.47. The Labute approximate surface area is 170 Å². The molecule has 0 saturated carbocycles. The summed E-state index contributed by atoms with van der Waals surface area (Å²) in [5.74, 6) is 1.18. The van der Waals surface area contributed by atoms with Crippen LogP contribution in [0, 0.1) is 13.8 Å². The second-order valence-corrected chi connectivity index (χ2v) is 8.06. The van der Waals surface area contributed by atoms with Gasteiger partial charge in [-0.1, -0.05) is 25.4 Å². The van der Waals surface area contributed by atoms with Gasteiger partial charge in [0.05, 0.1) is 12.2 Å². The van der Waals surface area contributed by atoms with E-state index in [9.17, 15) is 4.79 Å². The largest absolute Gasteiger partial charge is 0.352 e. The molecule has 0 aliphatic rings. The van der Waals surface area contributed by atoms with Crippen LogP contribution >= 0.6 is 11.6 Å². The minimum absolute atomic E-state index is 0.0941. The fourth-order valence-corrected chi connectivity index (χ4v) is 3.75. The summed E-state index contributed by atoms with van der Waals surface area (Å²) in [5, 5.41) is 6.15. The van der Waals surface area contributed by atoms with Crippen LogP contribution in [0.25, 0.3) is 11.0 Å². The molecule has 0 spiro atoms. The number of anilines is 1. The molecule has 3 rings (SSSR count). The van der Waals surface area contributed by atoms with E-state index >= 15 is 0 Å². The second kappa shape index (κ2) is 7.87. The summed E-state index contributed by atoms with van der Waals surface area (Å²) < 4.78 is 1.82. The molecule has 0 unspecified atom stereocenters. The number of ketones is 1. The molecule has 7 heteroatoms. The van der Waals surface area contributed by atoms with Crippen LogP contribution in [0.5, 0.6) is 0 Å². The number of Topliss-reactive ketones (excluding diaryl/α,β-unsaturated/α-hetero) is 1. The Hall–Kier alpha value is -2.47. The highest BCUT2D eigenvalue weighted by molar-refractivity contribution is 6.29. The number of carbonyl (C=O) groups excluding carboxylic acids is 1. The molecule has 3 heterocycles. The van der Waals surface area contributed by atoms with Gasteiger partial charge in [0, 0.05) is 31.6 Å². The van der Waals surface area contributed by atoms with Crippen molar-refractivity contribution >= 4 is 34.2 Å². The van der Waals surface area contributed by atoms with Crippen molar-refractivity contribution in [2.75, 3.05) is 18.5 Å². The zero-order valence-electron chi connectivity index (χ0n) is 17.2. The molecule has 6 nitrogen and oxygen atoms in total. The highest BCUT2D eigenvalue weighted by Crippen LogP contribution is 2.28. The van der Waals surface area contributed by atoms with Gasteiger partial charge < -0.3 is 4.90 Å². The highest BCUT2D eigenvalue weighted by Gasteiger charge is 2.18. The van der Waals surface area contributed by atoms with E-state index < -0.39 is 0 Å². The standard InChI is InChI=1S/C21H26ClN5O/c1-12(2)20-19-13(3)7-18(24-21(19)27(6)25-20)26(5)11-16(28)9-15-8-14(4)23-17(22)10-15/h7-8,10,12H,9,11H2,1-6H3. The molecule has 0 saturated heterocycles. The van der Waals surface area contributed by atoms with Crippen molar-refractivity contribution in [1.29, 1.82) is 0 Å². The monoisotopic (exact) mass is 399 g/mol. The lowest BCUT2D eigenvalue weighted by Crippen LogP contribution is -2.27. The molecule has 0 fully saturated rings. The highest BCUT2D eigenvalue weighted by atomic mass is 35.5. The Morgan fingerprint density at radius 3 is 2.57 bits per heavy atom. The Morgan fingerprint density at radius 1 is 1.21 bits per heavy atom. The Balaban J connectivity index is 1.82. The first-order chi connectivity index (χ1) is 13.2. The van der Waals surface area contributed by atoms with E-state index in [-0.39, 0.29) is 12.3 Å². The van der Waals surface area contributed by atoms with Gasteiger partial charge in [0.25, 0.3) is 0 Å². The Morgan fingerprint density at radius 2 is 1.93 bits per heavy atom. The van der Waals surface area contributed by atoms with Crippen molar-refractivity contribution in [2.45, 2.75) is 40.0 Å². The molecule has 0 aliphatic heterocycles. The van der Waals surface area contributed by atoms with Crippen molar-refractivity contribution in [3.05, 3.63) is 45.9 Å². The van der Waals surface area contributed by atoms with Gasteiger partial charge in [-0.05, 0) is 49.1 Å². The molecule has 0 amide bonds. The van der Waals surface area contributed by atoms with Gasteiger partial charge in [-0.3, -0.25) is 9.48 Å². The van der Waals surface area contributed by atoms with Crippen LogP contribution < -0.4 is 4.90 Å². The summed E-state index contributed by atoms with van der Waals surface area (Å²) in [7, 11) is 3.79. The molecule has 0 aromatic carbocycles. The van der Waals surface area contributed by atoms with E-state index in [0.29, 0.717) is 17.5 Å². The van der Waals surface area contributed by atoms with Gasteiger partial charge >= 0.3 is 0 Å². The molecular formula is C21H26ClN5O. The van der Waals surface area contributed by atoms with Crippen LogP contribution in [0.1, 0.15) is 42.3 Å². The van der Waals surface area contributed by atoms with Crippen LogP contribution in [0.15, 0.2) is 18.2 Å². The first-order valence-corrected chi connectivity index (χ1v) is 9.73. The molecule has 0 bridgehead atoms. The first kappa shape index (κ1) is 20.3. The van der Waals surface area contributed by atoms with Crippen molar-refractivity contribution in [2.24, 2.45) is 7.05 Å². The summed E-state index contributed by atoms with van der Waals surface area (Å²) in [6.07, 6.45) is 0.317. The fraction of sp³-hybridized carbons (Fsp3) is 0.429. The number of hydrogen-bond donors (Lipinski definition) is 0. The smallest absolute Gasteiger partial charge is 0.160 e. The van der Waals surface area contributed by atoms with Crippen molar-refractivity contribution in [1.82, 2.24) is 19.7 Å². The van der Waals surface area contributed by atoms with Gasteiger partial charge in [-0.15, -0.1) is 0 Å². The molecule has 3 aromatic rings. The molecule has 0 radical (unpaired) electrons. The maximum absolute atomic E-state index is 12.6. The number of aryl methyl sites for hydroxylation is 3. The lowest BCUT2D eigenvalue weighted by Gasteiger charge is -2.18. The number of carbonyl (C=O) groups is 1. The van der Waals surface area contributed by atoms with Gasteiger partial charge in [-0.25, -0.2) is 9.97 Å². The van der Waals surface area contributed by atoms with E-state index in [1.807, 2.05) is 42.7 Å². The second-order valence-electron chi connectivity index (χ2n) is 7.67. The van der Waals surface area contributed by atoms with Crippen LogP contribution in [-0.4, -0.2) is 39.1 Å². The first-order valence-electron chi connectivity index (χ1n) is 9.36. The maximum atomic E-state index is 12.6. The van der Waals surface area contributed by atoms with E-state index in [2.05, 4.69) is 30.9 Å². The van der Waals surface area contributed by atoms with Crippen molar-refractivity contribution in [3.8, 4) is 0 Å². The quantitative estimate of drug-likeness (QED) is 0.586. The average Bonchev–Trinajstić information content (AvgIpc) is 2.91. The van der Waals surface area contributed by atoms with Gasteiger partial charge in [0.15, 0.2) is 11.4 Å². The Bertz CT molecular complexity index is 1020. The van der Waals surface area contributed by atoms with E-state index in [0.717, 1.165) is 39.4 Å². The zero-order chi connectivity index (χ0) is 20.6. The number of likely N-dealkylation sites (N-methyl/N-ethyl adjacent to an activating group) is 1. The zero-order valence-corrected chi connectivity index (χ0v) is 18.0. The summed E-state index contributed by atoms with van der Waals surface area (Å²) in [5.41, 5.74) is 4.70. The number of hydrogen-bond acceptors (Lipinski definition) is 5. The molecule has 0 atom stereocenters. The van der Waals surface area contributed by atoms with Gasteiger partial charge in [0.1, 0.15) is 11.0 Å². The number of aromatic nitrogens is 4. The average molecular weight is 400 g/mol. The minimum Gasteiger partial charge on any atom is -0.352 e. The predicted octanol–water partition coefficient (Wildman–Crippen LogP) is 4.00. The lowest BCUT2D eigenvalue weighted by molar-refractivity contribution is -0.117. The van der Waals surface area contributed by atoms with Crippen LogP contribution in [0.4, 0.5) is 5.82 Å². The predicted molar refractivity (Wildman–Crippen MR) is 113 cm³/mol. The lowest BCUT2D eigenvalue weighted by atomic mass is 10.0. The molecule has 3 aromatic heterocycles. The van der Waals surface area contributed by atoms with Crippen molar-refractivity contribution < 1.29 is 4.79 Å². The summed E-state index contributed by atoms with van der Waals surface area (Å²) in [4.78, 5) is 23.4. The summed E-state index contributed by atoms with van der Waals surface area (Å²) in [6, 6.07) is 5.65. The number of fused-ring (bicyclic) bond motifs is 1. The third-order valence-corrected chi connectivity index (χ3v) is 4.93. The summed E-state index contributed by atoms with van der Waals surface area (Å²) >= 11 is 6.00. The number of halogens is 1. The van der Waals surface area contributed by atoms with E-state index in [4.69, 9.17) is 16.6 Å². The molecule has 28 heavy (non-hydrogen) atoms. The normalized spacial score (nSPS) is 11.4. The van der Waals surface area contributed by atoms with Crippen molar-refractivity contribution in [3.63, 3.8) is 0 Å². The van der Waals surface area contributed by atoms with Crippen LogP contribution in [0.2, 0.25) is 5.15 Å². The maximum Gasteiger partial charge on any atom is 0.160 e. The van der Waals surface area contributed by atoms with Crippen LogP contribution in [-0.2, 0) is 18.3 Å². The minimum atomic E-state index is 0.0941.